The second-order valence-corrected chi connectivity index (χ2v) is 11.4. The normalized spacial score (nSPS) is 35.5. The van der Waals surface area contributed by atoms with E-state index >= 15 is 0 Å². The fourth-order valence-electron chi connectivity index (χ4n) is 7.97. The van der Waals surface area contributed by atoms with Gasteiger partial charge >= 0.3 is 0 Å². The molecule has 7 atom stereocenters. The number of hydrogen-bond donors (Lipinski definition) is 0. The summed E-state index contributed by atoms with van der Waals surface area (Å²) >= 11 is 0. The van der Waals surface area contributed by atoms with Crippen LogP contribution in [-0.2, 0) is 11.3 Å². The minimum absolute atomic E-state index is 0.00761. The Balaban J connectivity index is 1.19. The number of fused-ring (bicyclic) bond motifs is 2. The Bertz CT molecular complexity index is 995. The Morgan fingerprint density at radius 1 is 1.00 bits per heavy atom. The Morgan fingerprint density at radius 2 is 1.76 bits per heavy atom. The molecule has 0 spiro atoms. The zero-order valence-electron chi connectivity index (χ0n) is 20.4. The molecule has 3 bridgehead atoms. The van der Waals surface area contributed by atoms with Crippen molar-refractivity contribution >= 4 is 5.91 Å². The van der Waals surface area contributed by atoms with Crippen LogP contribution < -0.4 is 0 Å². The number of piperidine rings is 1. The molecule has 180 valence electrons. The molecule has 2 saturated heterocycles. The van der Waals surface area contributed by atoms with Crippen molar-refractivity contribution in [2.45, 2.75) is 70.1 Å². The number of amides is 1. The number of benzene rings is 2. The van der Waals surface area contributed by atoms with Gasteiger partial charge in [-0.1, -0.05) is 55.5 Å². The van der Waals surface area contributed by atoms with Gasteiger partial charge in [0.25, 0.3) is 5.91 Å². The predicted octanol–water partition coefficient (Wildman–Crippen LogP) is 5.94. The summed E-state index contributed by atoms with van der Waals surface area (Å²) in [5.74, 6) is 3.17. The van der Waals surface area contributed by atoms with Crippen molar-refractivity contribution in [1.82, 2.24) is 10.0 Å². The van der Waals surface area contributed by atoms with E-state index < -0.39 is 0 Å². The molecule has 2 aromatic carbocycles. The molecule has 0 aromatic heterocycles. The van der Waals surface area contributed by atoms with Crippen molar-refractivity contribution in [3.63, 3.8) is 0 Å². The summed E-state index contributed by atoms with van der Waals surface area (Å²) in [5.41, 5.74) is 2.07. The van der Waals surface area contributed by atoms with Gasteiger partial charge in [-0.2, -0.15) is 0 Å². The number of hydrogen-bond acceptors (Lipinski definition) is 3. The van der Waals surface area contributed by atoms with E-state index in [9.17, 15) is 4.79 Å². The molecule has 4 fully saturated rings. The number of rotatable bonds is 8. The van der Waals surface area contributed by atoms with Crippen molar-refractivity contribution < 1.29 is 9.53 Å². The molecule has 2 aliphatic carbocycles. The lowest BCUT2D eigenvalue weighted by Gasteiger charge is -2.51. The molecule has 2 aliphatic heterocycles. The number of hydrazine groups is 1. The van der Waals surface area contributed by atoms with Crippen LogP contribution in [0.2, 0.25) is 0 Å². The van der Waals surface area contributed by atoms with Crippen LogP contribution in [0.5, 0.6) is 0 Å². The second kappa shape index (κ2) is 9.13. The molecule has 34 heavy (non-hydrogen) atoms. The molecule has 6 rings (SSSR count). The Kier molecular flexibility index (Phi) is 5.99. The summed E-state index contributed by atoms with van der Waals surface area (Å²) in [4.78, 5) is 14.0. The maximum Gasteiger partial charge on any atom is 0.268 e. The first-order valence-electron chi connectivity index (χ1n) is 13.4. The van der Waals surface area contributed by atoms with Gasteiger partial charge in [-0.3, -0.25) is 9.80 Å². The van der Waals surface area contributed by atoms with Gasteiger partial charge in [0, 0.05) is 24.8 Å². The standard InChI is InChI=1S/C30H38N2O2/c1-22-16-25-19-30(14-8-9-15-34-21-23-10-4-2-5-11-23)26-18-27(25)28(17-22)31(20-26)32(30)29(33)24-12-6-3-7-13-24/h2-7,10-13,22,25-28H,8-9,14-21H2,1H3/t22-,25-,26?,27?,28?,30?/m0/s1. The van der Waals surface area contributed by atoms with Gasteiger partial charge in [0.15, 0.2) is 0 Å². The van der Waals surface area contributed by atoms with E-state index in [4.69, 9.17) is 4.74 Å². The first-order chi connectivity index (χ1) is 16.7. The molecule has 2 aromatic rings. The zero-order valence-corrected chi connectivity index (χ0v) is 20.4. The van der Waals surface area contributed by atoms with E-state index in [1.54, 1.807) is 0 Å². The molecule has 1 amide bonds. The van der Waals surface area contributed by atoms with E-state index in [1.165, 1.54) is 31.2 Å². The second-order valence-electron chi connectivity index (χ2n) is 11.4. The Morgan fingerprint density at radius 3 is 2.56 bits per heavy atom. The van der Waals surface area contributed by atoms with Crippen molar-refractivity contribution in [3.8, 4) is 0 Å². The molecular weight excluding hydrogens is 420 g/mol. The lowest BCUT2D eigenvalue weighted by Crippen LogP contribution is -2.55. The summed E-state index contributed by atoms with van der Waals surface area (Å²) in [5, 5.41) is 4.86. The van der Waals surface area contributed by atoms with Crippen LogP contribution in [0.25, 0.3) is 0 Å². The highest BCUT2D eigenvalue weighted by molar-refractivity contribution is 5.94. The van der Waals surface area contributed by atoms with Crippen LogP contribution in [0.4, 0.5) is 0 Å². The van der Waals surface area contributed by atoms with Crippen molar-refractivity contribution in [1.29, 1.82) is 0 Å². The van der Waals surface area contributed by atoms with Gasteiger partial charge in [-0.25, -0.2) is 5.01 Å². The third kappa shape index (κ3) is 3.79. The van der Waals surface area contributed by atoms with E-state index in [0.717, 1.165) is 55.7 Å². The highest BCUT2D eigenvalue weighted by Crippen LogP contribution is 2.61. The molecule has 0 radical (unpaired) electrons. The summed E-state index contributed by atoms with van der Waals surface area (Å²) in [6.45, 7) is 4.97. The summed E-state index contributed by atoms with van der Waals surface area (Å²) in [6.07, 6.45) is 8.39. The minimum Gasteiger partial charge on any atom is -0.377 e. The number of ether oxygens (including phenoxy) is 1. The topological polar surface area (TPSA) is 32.8 Å². The van der Waals surface area contributed by atoms with Crippen molar-refractivity contribution in [2.24, 2.45) is 23.7 Å². The summed E-state index contributed by atoms with van der Waals surface area (Å²) in [6, 6.07) is 21.0. The molecule has 5 unspecified atom stereocenters. The number of carbonyl (C=O) groups excluding carboxylic acids is 1. The number of unbranched alkanes of at least 4 members (excludes halogenated alkanes) is 1. The van der Waals surface area contributed by atoms with Gasteiger partial charge in [-0.05, 0) is 86.3 Å². The number of nitrogens with zero attached hydrogens (tertiary/aromatic N) is 2. The van der Waals surface area contributed by atoms with Crippen LogP contribution >= 0.6 is 0 Å². The highest BCUT2D eigenvalue weighted by atomic mass is 16.5. The molecule has 4 aliphatic rings. The van der Waals surface area contributed by atoms with Crippen LogP contribution in [-0.4, -0.2) is 40.7 Å². The maximum absolute atomic E-state index is 14.0. The lowest BCUT2D eigenvalue weighted by molar-refractivity contribution is -0.0574. The molecule has 4 heteroatoms. The maximum atomic E-state index is 14.0. The van der Waals surface area contributed by atoms with Crippen molar-refractivity contribution in [3.05, 3.63) is 71.8 Å². The summed E-state index contributed by atoms with van der Waals surface area (Å²) in [7, 11) is 0. The first kappa shape index (κ1) is 22.3. The van der Waals surface area contributed by atoms with Crippen LogP contribution in [0.3, 0.4) is 0 Å². The van der Waals surface area contributed by atoms with Crippen LogP contribution in [0.1, 0.15) is 67.8 Å². The predicted molar refractivity (Wildman–Crippen MR) is 134 cm³/mol. The largest absolute Gasteiger partial charge is 0.377 e. The minimum atomic E-state index is -0.00761. The Labute approximate surface area is 204 Å². The SMILES string of the molecule is C[C@@H]1CC2C3CC4CN2N(C(=O)c2ccccc2)C4(CCCCOCc2ccccc2)C[C@@H]3C1. The van der Waals surface area contributed by atoms with E-state index in [2.05, 4.69) is 41.2 Å². The monoisotopic (exact) mass is 458 g/mol. The van der Waals surface area contributed by atoms with Crippen molar-refractivity contribution in [2.75, 3.05) is 13.2 Å². The summed E-state index contributed by atoms with van der Waals surface area (Å²) < 4.78 is 5.98. The number of carbonyl (C=O) groups is 1. The van der Waals surface area contributed by atoms with Gasteiger partial charge < -0.3 is 4.74 Å². The first-order valence-corrected chi connectivity index (χ1v) is 13.4. The quantitative estimate of drug-likeness (QED) is 0.459. The van der Waals surface area contributed by atoms with Crippen LogP contribution in [0.15, 0.2) is 60.7 Å². The third-order valence-corrected chi connectivity index (χ3v) is 9.32. The molecule has 2 heterocycles. The van der Waals surface area contributed by atoms with E-state index in [-0.39, 0.29) is 11.4 Å². The van der Waals surface area contributed by atoms with Crippen LogP contribution in [0, 0.1) is 23.7 Å². The fourth-order valence-corrected chi connectivity index (χ4v) is 7.97. The van der Waals surface area contributed by atoms with E-state index in [1.807, 2.05) is 36.4 Å². The lowest BCUT2D eigenvalue weighted by atomic mass is 9.56. The van der Waals surface area contributed by atoms with Gasteiger partial charge in [0.05, 0.1) is 12.1 Å². The average molecular weight is 459 g/mol. The molecular formula is C30H38N2O2. The molecule has 2 saturated carbocycles. The highest BCUT2D eigenvalue weighted by Gasteiger charge is 2.66. The molecule has 4 nitrogen and oxygen atoms in total. The smallest absolute Gasteiger partial charge is 0.268 e. The van der Waals surface area contributed by atoms with E-state index in [0.29, 0.717) is 18.6 Å². The Hall–Kier alpha value is -2.17. The molecule has 0 N–H and O–H groups in total. The zero-order chi connectivity index (χ0) is 23.1. The third-order valence-electron chi connectivity index (χ3n) is 9.32. The average Bonchev–Trinajstić information content (AvgIpc) is 3.11. The van der Waals surface area contributed by atoms with Gasteiger partial charge in [0.1, 0.15) is 0 Å². The van der Waals surface area contributed by atoms with Gasteiger partial charge in [-0.15, -0.1) is 0 Å². The van der Waals surface area contributed by atoms with Gasteiger partial charge in [0.2, 0.25) is 0 Å². The fraction of sp³-hybridized carbons (Fsp3) is 0.567.